The van der Waals surface area contributed by atoms with Crippen LogP contribution in [0.25, 0.3) is 0 Å². The molecule has 1 amide bonds. The average molecular weight is 168 g/mol. The lowest BCUT2D eigenvalue weighted by atomic mass is 10.0. The van der Waals surface area contributed by atoms with Gasteiger partial charge in [-0.3, -0.25) is 10.2 Å². The number of methoxy groups -OCH3 is 1. The molecule has 4 nitrogen and oxygen atoms in total. The molecule has 0 saturated heterocycles. The second kappa shape index (κ2) is 4.04. The first-order valence-corrected chi connectivity index (χ1v) is 3.70. The molecule has 1 aliphatic carbocycles. The molecule has 1 aliphatic rings. The third kappa shape index (κ3) is 1.93. The van der Waals surface area contributed by atoms with Crippen LogP contribution < -0.4 is 11.3 Å². The Labute approximate surface area is 71.0 Å². The lowest BCUT2D eigenvalue weighted by molar-refractivity contribution is -0.117. The first-order chi connectivity index (χ1) is 5.77. The zero-order chi connectivity index (χ0) is 8.97. The topological polar surface area (TPSA) is 64.3 Å². The molecule has 0 radical (unpaired) electrons. The smallest absolute Gasteiger partial charge is 0.264 e. The van der Waals surface area contributed by atoms with Crippen molar-refractivity contribution < 1.29 is 9.53 Å². The number of hydrogen-bond acceptors (Lipinski definition) is 3. The third-order valence-electron chi connectivity index (χ3n) is 1.73. The highest BCUT2D eigenvalue weighted by Crippen LogP contribution is 2.12. The molecule has 1 atom stereocenters. The Morgan fingerprint density at radius 1 is 1.83 bits per heavy atom. The summed E-state index contributed by atoms with van der Waals surface area (Å²) in [5.41, 5.74) is 2.62. The van der Waals surface area contributed by atoms with Crippen LogP contribution in [0.4, 0.5) is 0 Å². The van der Waals surface area contributed by atoms with E-state index < -0.39 is 0 Å². The lowest BCUT2D eigenvalue weighted by Crippen LogP contribution is -2.32. The summed E-state index contributed by atoms with van der Waals surface area (Å²) in [5, 5.41) is 0. The van der Waals surface area contributed by atoms with Crippen LogP contribution in [0, 0.1) is 0 Å². The Hall–Kier alpha value is -1.13. The van der Waals surface area contributed by atoms with Gasteiger partial charge in [-0.25, -0.2) is 5.84 Å². The Morgan fingerprint density at radius 2 is 2.58 bits per heavy atom. The van der Waals surface area contributed by atoms with Crippen LogP contribution in [0.3, 0.4) is 0 Å². The summed E-state index contributed by atoms with van der Waals surface area (Å²) in [6, 6.07) is 0. The standard InChI is InChI=1S/C8H12N2O2/c1-12-7-4-2-3-6(5-7)8(11)10-9/h2-3,5,7H,4,9H2,1H3,(H,10,11). The maximum atomic E-state index is 11.0. The highest BCUT2D eigenvalue weighted by molar-refractivity contribution is 5.96. The molecule has 0 aromatic heterocycles. The SMILES string of the molecule is COC1C=C(C(=O)NN)C=CC1. The van der Waals surface area contributed by atoms with Crippen molar-refractivity contribution in [3.8, 4) is 0 Å². The summed E-state index contributed by atoms with van der Waals surface area (Å²) < 4.78 is 5.07. The number of carbonyl (C=O) groups excluding carboxylic acids is 1. The Bertz CT molecular complexity index is 233. The highest BCUT2D eigenvalue weighted by atomic mass is 16.5. The van der Waals surface area contributed by atoms with E-state index in [1.165, 1.54) is 0 Å². The number of rotatable bonds is 2. The van der Waals surface area contributed by atoms with Crippen LogP contribution in [-0.4, -0.2) is 19.1 Å². The summed E-state index contributed by atoms with van der Waals surface area (Å²) in [7, 11) is 1.61. The van der Waals surface area contributed by atoms with E-state index in [1.807, 2.05) is 6.08 Å². The number of carbonyl (C=O) groups is 1. The summed E-state index contributed by atoms with van der Waals surface area (Å²) in [5.74, 6) is 4.69. The molecule has 0 bridgehead atoms. The Balaban J connectivity index is 2.69. The molecule has 4 heteroatoms. The normalized spacial score (nSPS) is 21.8. The zero-order valence-corrected chi connectivity index (χ0v) is 6.91. The van der Waals surface area contributed by atoms with Gasteiger partial charge in [-0.05, 0) is 12.5 Å². The predicted molar refractivity (Wildman–Crippen MR) is 45.0 cm³/mol. The van der Waals surface area contributed by atoms with Gasteiger partial charge in [-0.15, -0.1) is 0 Å². The fourth-order valence-corrected chi connectivity index (χ4v) is 1.05. The molecule has 1 rings (SSSR count). The molecular formula is C8H12N2O2. The molecule has 12 heavy (non-hydrogen) atoms. The van der Waals surface area contributed by atoms with Crippen LogP contribution in [0.2, 0.25) is 0 Å². The lowest BCUT2D eigenvalue weighted by Gasteiger charge is -2.13. The maximum Gasteiger partial charge on any atom is 0.264 e. The Kier molecular flexibility index (Phi) is 3.01. The molecule has 3 N–H and O–H groups in total. The van der Waals surface area contributed by atoms with E-state index in [-0.39, 0.29) is 12.0 Å². The molecule has 0 aliphatic heterocycles. The van der Waals surface area contributed by atoms with Crippen molar-refractivity contribution in [3.63, 3.8) is 0 Å². The van der Waals surface area contributed by atoms with E-state index in [9.17, 15) is 4.79 Å². The van der Waals surface area contributed by atoms with Gasteiger partial charge in [0.15, 0.2) is 0 Å². The van der Waals surface area contributed by atoms with Crippen LogP contribution in [-0.2, 0) is 9.53 Å². The van der Waals surface area contributed by atoms with Crippen molar-refractivity contribution in [2.24, 2.45) is 5.84 Å². The molecule has 0 aromatic carbocycles. The minimum absolute atomic E-state index is 0.0118. The molecule has 0 aromatic rings. The van der Waals surface area contributed by atoms with Crippen LogP contribution >= 0.6 is 0 Å². The largest absolute Gasteiger partial charge is 0.377 e. The third-order valence-corrected chi connectivity index (χ3v) is 1.73. The van der Waals surface area contributed by atoms with Crippen molar-refractivity contribution in [2.75, 3.05) is 7.11 Å². The number of nitrogens with two attached hydrogens (primary N) is 1. The van der Waals surface area contributed by atoms with Gasteiger partial charge < -0.3 is 4.74 Å². The van der Waals surface area contributed by atoms with E-state index >= 15 is 0 Å². The molecule has 0 fully saturated rings. The zero-order valence-electron chi connectivity index (χ0n) is 6.91. The van der Waals surface area contributed by atoms with Gasteiger partial charge in [0.05, 0.1) is 6.10 Å². The minimum atomic E-state index is -0.284. The number of ether oxygens (including phenoxy) is 1. The first kappa shape index (κ1) is 8.96. The van der Waals surface area contributed by atoms with E-state index in [1.54, 1.807) is 19.3 Å². The fraction of sp³-hybridized carbons (Fsp3) is 0.375. The van der Waals surface area contributed by atoms with Crippen molar-refractivity contribution in [1.29, 1.82) is 0 Å². The molecule has 1 unspecified atom stereocenters. The second-order valence-electron chi connectivity index (χ2n) is 2.51. The van der Waals surface area contributed by atoms with Gasteiger partial charge in [-0.1, -0.05) is 12.2 Å². The van der Waals surface area contributed by atoms with Crippen LogP contribution in [0.1, 0.15) is 6.42 Å². The van der Waals surface area contributed by atoms with Crippen LogP contribution in [0.5, 0.6) is 0 Å². The van der Waals surface area contributed by atoms with Gasteiger partial charge in [0.25, 0.3) is 5.91 Å². The van der Waals surface area contributed by atoms with Gasteiger partial charge in [0, 0.05) is 12.7 Å². The predicted octanol–water partition coefficient (Wildman–Crippen LogP) is -0.122. The quantitative estimate of drug-likeness (QED) is 0.343. The van der Waals surface area contributed by atoms with Gasteiger partial charge in [-0.2, -0.15) is 0 Å². The summed E-state index contributed by atoms with van der Waals surface area (Å²) in [6.45, 7) is 0. The monoisotopic (exact) mass is 168 g/mol. The first-order valence-electron chi connectivity index (χ1n) is 3.70. The molecule has 0 saturated carbocycles. The minimum Gasteiger partial charge on any atom is -0.377 e. The van der Waals surface area contributed by atoms with E-state index in [4.69, 9.17) is 10.6 Å². The van der Waals surface area contributed by atoms with Gasteiger partial charge >= 0.3 is 0 Å². The van der Waals surface area contributed by atoms with E-state index in [2.05, 4.69) is 5.43 Å². The molecule has 0 heterocycles. The number of nitrogens with one attached hydrogen (secondary N) is 1. The fourth-order valence-electron chi connectivity index (χ4n) is 1.05. The van der Waals surface area contributed by atoms with Crippen molar-refractivity contribution >= 4 is 5.91 Å². The highest BCUT2D eigenvalue weighted by Gasteiger charge is 2.12. The molecule has 66 valence electrons. The van der Waals surface area contributed by atoms with Crippen molar-refractivity contribution in [2.45, 2.75) is 12.5 Å². The molecule has 0 spiro atoms. The van der Waals surface area contributed by atoms with Crippen LogP contribution in [0.15, 0.2) is 23.8 Å². The maximum absolute atomic E-state index is 11.0. The van der Waals surface area contributed by atoms with Crippen molar-refractivity contribution in [3.05, 3.63) is 23.8 Å². The van der Waals surface area contributed by atoms with E-state index in [0.717, 1.165) is 6.42 Å². The summed E-state index contributed by atoms with van der Waals surface area (Å²) >= 11 is 0. The average Bonchev–Trinajstić information content (AvgIpc) is 2.17. The van der Waals surface area contributed by atoms with Crippen molar-refractivity contribution in [1.82, 2.24) is 5.43 Å². The van der Waals surface area contributed by atoms with Gasteiger partial charge in [0.1, 0.15) is 0 Å². The molecular weight excluding hydrogens is 156 g/mol. The second-order valence-corrected chi connectivity index (χ2v) is 2.51. The number of amides is 1. The number of hydrazine groups is 1. The van der Waals surface area contributed by atoms with E-state index in [0.29, 0.717) is 5.57 Å². The summed E-state index contributed by atoms with van der Waals surface area (Å²) in [6.07, 6.45) is 6.17. The number of hydrogen-bond donors (Lipinski definition) is 2. The summed E-state index contributed by atoms with van der Waals surface area (Å²) in [4.78, 5) is 11.0. The van der Waals surface area contributed by atoms with Gasteiger partial charge in [0.2, 0.25) is 0 Å². The Morgan fingerprint density at radius 3 is 3.17 bits per heavy atom.